The van der Waals surface area contributed by atoms with Gasteiger partial charge in [0.1, 0.15) is 10.8 Å². The molecule has 0 fully saturated rings. The molecule has 0 atom stereocenters. The highest BCUT2D eigenvalue weighted by Crippen LogP contribution is 2.11. The maximum absolute atomic E-state index is 13.0. The molecular formula is C14H11ClFNS. The smallest absolute Gasteiger partial charge is 0.123 e. The SMILES string of the molecule is Fc1cccc(C(=S)NCc2cccc(Cl)c2)c1. The second-order valence-electron chi connectivity index (χ2n) is 3.82. The monoisotopic (exact) mass is 279 g/mol. The summed E-state index contributed by atoms with van der Waals surface area (Å²) in [5.74, 6) is -0.292. The van der Waals surface area contributed by atoms with Crippen molar-refractivity contribution < 1.29 is 4.39 Å². The van der Waals surface area contributed by atoms with E-state index in [1.165, 1.54) is 12.1 Å². The lowest BCUT2D eigenvalue weighted by Gasteiger charge is -2.08. The zero-order valence-corrected chi connectivity index (χ0v) is 11.1. The zero-order valence-electron chi connectivity index (χ0n) is 9.49. The molecule has 0 saturated carbocycles. The number of rotatable bonds is 3. The van der Waals surface area contributed by atoms with E-state index < -0.39 is 0 Å². The van der Waals surface area contributed by atoms with Crippen molar-refractivity contribution in [2.24, 2.45) is 0 Å². The third-order valence-electron chi connectivity index (χ3n) is 2.43. The minimum Gasteiger partial charge on any atom is -0.372 e. The fourth-order valence-corrected chi connectivity index (χ4v) is 1.97. The van der Waals surface area contributed by atoms with Crippen LogP contribution in [-0.4, -0.2) is 4.99 Å². The number of hydrogen-bond acceptors (Lipinski definition) is 1. The van der Waals surface area contributed by atoms with Crippen LogP contribution in [0.1, 0.15) is 11.1 Å². The summed E-state index contributed by atoms with van der Waals surface area (Å²) in [6.07, 6.45) is 0. The Morgan fingerprint density at radius 3 is 2.67 bits per heavy atom. The summed E-state index contributed by atoms with van der Waals surface area (Å²) in [6.45, 7) is 0.565. The standard InChI is InChI=1S/C14H11ClFNS/c15-12-5-1-3-10(7-12)9-17-14(18)11-4-2-6-13(16)8-11/h1-8H,9H2,(H,17,18). The topological polar surface area (TPSA) is 12.0 Å². The maximum atomic E-state index is 13.0. The van der Waals surface area contributed by atoms with Gasteiger partial charge >= 0.3 is 0 Å². The quantitative estimate of drug-likeness (QED) is 0.854. The molecule has 2 aromatic carbocycles. The molecule has 2 rings (SSSR count). The largest absolute Gasteiger partial charge is 0.372 e. The van der Waals surface area contributed by atoms with E-state index in [0.29, 0.717) is 22.1 Å². The Kier molecular flexibility index (Phi) is 4.28. The Hall–Kier alpha value is -1.45. The van der Waals surface area contributed by atoms with Crippen molar-refractivity contribution in [1.29, 1.82) is 0 Å². The highest BCUT2D eigenvalue weighted by Gasteiger charge is 2.02. The van der Waals surface area contributed by atoms with Gasteiger partial charge in [-0.05, 0) is 29.8 Å². The average Bonchev–Trinajstić information content (AvgIpc) is 2.36. The molecule has 92 valence electrons. The number of hydrogen-bond donors (Lipinski definition) is 1. The molecule has 0 unspecified atom stereocenters. The maximum Gasteiger partial charge on any atom is 0.123 e. The van der Waals surface area contributed by atoms with E-state index in [2.05, 4.69) is 5.32 Å². The molecule has 0 aromatic heterocycles. The third kappa shape index (κ3) is 3.52. The van der Waals surface area contributed by atoms with Gasteiger partial charge in [-0.15, -0.1) is 0 Å². The van der Waals surface area contributed by atoms with Gasteiger partial charge in [0.25, 0.3) is 0 Å². The van der Waals surface area contributed by atoms with Crippen molar-refractivity contribution in [3.05, 3.63) is 70.5 Å². The van der Waals surface area contributed by atoms with Crippen molar-refractivity contribution in [2.75, 3.05) is 0 Å². The van der Waals surface area contributed by atoms with E-state index in [-0.39, 0.29) is 5.82 Å². The molecule has 0 bridgehead atoms. The Labute approximate surface area is 116 Å². The summed E-state index contributed by atoms with van der Waals surface area (Å²) in [5, 5.41) is 3.76. The van der Waals surface area contributed by atoms with Crippen LogP contribution < -0.4 is 5.32 Å². The fraction of sp³-hybridized carbons (Fsp3) is 0.0714. The molecule has 0 amide bonds. The normalized spacial score (nSPS) is 10.1. The molecule has 0 aliphatic carbocycles. The summed E-state index contributed by atoms with van der Waals surface area (Å²) >= 11 is 11.1. The molecule has 0 aliphatic heterocycles. The van der Waals surface area contributed by atoms with E-state index in [1.807, 2.05) is 24.3 Å². The predicted molar refractivity (Wildman–Crippen MR) is 76.4 cm³/mol. The molecule has 0 spiro atoms. The molecule has 0 saturated heterocycles. The van der Waals surface area contributed by atoms with E-state index in [9.17, 15) is 4.39 Å². The van der Waals surface area contributed by atoms with Crippen LogP contribution in [0.4, 0.5) is 4.39 Å². The van der Waals surface area contributed by atoms with Crippen LogP contribution in [0.2, 0.25) is 5.02 Å². The van der Waals surface area contributed by atoms with Crippen LogP contribution in [0, 0.1) is 5.82 Å². The van der Waals surface area contributed by atoms with Crippen molar-refractivity contribution in [2.45, 2.75) is 6.54 Å². The molecule has 0 radical (unpaired) electrons. The number of nitrogens with one attached hydrogen (secondary N) is 1. The number of benzene rings is 2. The lowest BCUT2D eigenvalue weighted by Crippen LogP contribution is -2.21. The number of thiocarbonyl (C=S) groups is 1. The summed E-state index contributed by atoms with van der Waals surface area (Å²) in [6, 6.07) is 13.7. The first-order chi connectivity index (χ1) is 8.65. The molecule has 1 N–H and O–H groups in total. The van der Waals surface area contributed by atoms with Crippen LogP contribution in [0.5, 0.6) is 0 Å². The average molecular weight is 280 g/mol. The molecule has 2 aromatic rings. The Bertz CT molecular complexity index is 571. The molecule has 4 heteroatoms. The van der Waals surface area contributed by atoms with Crippen molar-refractivity contribution in [1.82, 2.24) is 5.32 Å². The highest BCUT2D eigenvalue weighted by atomic mass is 35.5. The second-order valence-corrected chi connectivity index (χ2v) is 4.67. The van der Waals surface area contributed by atoms with E-state index in [1.54, 1.807) is 12.1 Å². The van der Waals surface area contributed by atoms with E-state index >= 15 is 0 Å². The number of halogens is 2. The second kappa shape index (κ2) is 5.94. The summed E-state index contributed by atoms with van der Waals surface area (Å²) in [4.78, 5) is 0.523. The van der Waals surface area contributed by atoms with Gasteiger partial charge in [-0.2, -0.15) is 0 Å². The summed E-state index contributed by atoms with van der Waals surface area (Å²) in [7, 11) is 0. The summed E-state index contributed by atoms with van der Waals surface area (Å²) < 4.78 is 13.0. The van der Waals surface area contributed by atoms with Gasteiger partial charge in [-0.25, -0.2) is 4.39 Å². The highest BCUT2D eigenvalue weighted by molar-refractivity contribution is 7.80. The van der Waals surface area contributed by atoms with E-state index in [0.717, 1.165) is 5.56 Å². The molecule has 1 nitrogen and oxygen atoms in total. The van der Waals surface area contributed by atoms with Gasteiger partial charge in [0.2, 0.25) is 0 Å². The van der Waals surface area contributed by atoms with Gasteiger partial charge < -0.3 is 5.32 Å². The Morgan fingerprint density at radius 1 is 1.17 bits per heavy atom. The Morgan fingerprint density at radius 2 is 1.94 bits per heavy atom. The van der Waals surface area contributed by atoms with Crippen LogP contribution in [-0.2, 0) is 6.54 Å². The fourth-order valence-electron chi connectivity index (χ4n) is 1.56. The van der Waals surface area contributed by atoms with Crippen molar-refractivity contribution in [3.63, 3.8) is 0 Å². The molecule has 0 heterocycles. The minimum atomic E-state index is -0.292. The van der Waals surface area contributed by atoms with Gasteiger partial charge in [-0.1, -0.05) is 48.1 Å². The van der Waals surface area contributed by atoms with Gasteiger partial charge in [-0.3, -0.25) is 0 Å². The van der Waals surface area contributed by atoms with Crippen LogP contribution >= 0.6 is 23.8 Å². The Balaban J connectivity index is 2.00. The van der Waals surface area contributed by atoms with Gasteiger partial charge in [0.15, 0.2) is 0 Å². The first-order valence-electron chi connectivity index (χ1n) is 5.43. The van der Waals surface area contributed by atoms with Crippen LogP contribution in [0.3, 0.4) is 0 Å². The lowest BCUT2D eigenvalue weighted by atomic mass is 10.2. The van der Waals surface area contributed by atoms with Crippen LogP contribution in [0.25, 0.3) is 0 Å². The van der Waals surface area contributed by atoms with Crippen molar-refractivity contribution >= 4 is 28.8 Å². The zero-order chi connectivity index (χ0) is 13.0. The lowest BCUT2D eigenvalue weighted by molar-refractivity contribution is 0.627. The minimum absolute atomic E-state index is 0.292. The van der Waals surface area contributed by atoms with Crippen molar-refractivity contribution in [3.8, 4) is 0 Å². The van der Waals surface area contributed by atoms with E-state index in [4.69, 9.17) is 23.8 Å². The van der Waals surface area contributed by atoms with Gasteiger partial charge in [0, 0.05) is 17.1 Å². The first-order valence-corrected chi connectivity index (χ1v) is 6.22. The third-order valence-corrected chi connectivity index (χ3v) is 3.04. The van der Waals surface area contributed by atoms with Crippen LogP contribution in [0.15, 0.2) is 48.5 Å². The molecule has 18 heavy (non-hydrogen) atoms. The molecular weight excluding hydrogens is 269 g/mol. The molecule has 0 aliphatic rings. The first kappa shape index (κ1) is 13.0. The van der Waals surface area contributed by atoms with Gasteiger partial charge in [0.05, 0.1) is 0 Å². The summed E-state index contributed by atoms with van der Waals surface area (Å²) in [5.41, 5.74) is 1.70. The predicted octanol–water partition coefficient (Wildman–Crippen LogP) is 3.94.